The fourth-order valence-corrected chi connectivity index (χ4v) is 3.16. The summed E-state index contributed by atoms with van der Waals surface area (Å²) in [5, 5.41) is 6.70. The Morgan fingerprint density at radius 1 is 1.04 bits per heavy atom. The van der Waals surface area contributed by atoms with E-state index in [2.05, 4.69) is 20.4 Å². The van der Waals surface area contributed by atoms with Crippen LogP contribution in [0.2, 0.25) is 0 Å². The first-order valence-corrected chi connectivity index (χ1v) is 9.27. The lowest BCUT2D eigenvalue weighted by Gasteiger charge is -2.12. The van der Waals surface area contributed by atoms with Crippen LogP contribution in [0.4, 0.5) is 0 Å². The monoisotopic (exact) mass is 453 g/mol. The number of esters is 1. The summed E-state index contributed by atoms with van der Waals surface area (Å²) in [4.78, 5) is 15.2. The Morgan fingerprint density at radius 3 is 2.25 bits per heavy atom. The van der Waals surface area contributed by atoms with Gasteiger partial charge in [-0.2, -0.15) is 0 Å². The molecule has 1 aliphatic carbocycles. The number of methoxy groups -OCH3 is 1. The van der Waals surface area contributed by atoms with Crippen LogP contribution in [-0.2, 0) is 9.53 Å². The molecule has 1 fully saturated rings. The highest BCUT2D eigenvalue weighted by molar-refractivity contribution is 14.0. The maximum absolute atomic E-state index is 11.0. The molecule has 2 N–H and O–H groups in total. The molecule has 0 heterocycles. The van der Waals surface area contributed by atoms with E-state index in [1.165, 1.54) is 52.1 Å². The molecular formula is C18H36IN3O2. The summed E-state index contributed by atoms with van der Waals surface area (Å²) in [6.07, 6.45) is 13.2. The van der Waals surface area contributed by atoms with Crippen molar-refractivity contribution >= 4 is 35.9 Å². The third-order valence-corrected chi connectivity index (χ3v) is 4.61. The standard InChI is InChI=1S/C18H35N3O2.HI/c1-19-18(20-14-8-3-4-13-17(22)23-2)21-15-9-7-12-16-10-5-6-11-16;/h16H,3-15H2,1-2H3,(H2,19,20,21);1H. The number of carbonyl (C=O) groups is 1. The molecule has 1 rings (SSSR count). The van der Waals surface area contributed by atoms with E-state index < -0.39 is 0 Å². The Labute approximate surface area is 164 Å². The third kappa shape index (κ3) is 11.9. The van der Waals surface area contributed by atoms with Gasteiger partial charge in [0, 0.05) is 26.6 Å². The summed E-state index contributed by atoms with van der Waals surface area (Å²) >= 11 is 0. The Bertz CT molecular complexity index is 345. The fourth-order valence-electron chi connectivity index (χ4n) is 3.16. The highest BCUT2D eigenvalue weighted by atomic mass is 127. The van der Waals surface area contributed by atoms with Crippen molar-refractivity contribution in [3.8, 4) is 0 Å². The topological polar surface area (TPSA) is 62.7 Å². The van der Waals surface area contributed by atoms with Gasteiger partial charge in [-0.3, -0.25) is 9.79 Å². The van der Waals surface area contributed by atoms with Gasteiger partial charge in [-0.25, -0.2) is 0 Å². The van der Waals surface area contributed by atoms with Gasteiger partial charge < -0.3 is 15.4 Å². The Morgan fingerprint density at radius 2 is 1.67 bits per heavy atom. The number of guanidine groups is 1. The molecule has 24 heavy (non-hydrogen) atoms. The maximum Gasteiger partial charge on any atom is 0.305 e. The largest absolute Gasteiger partial charge is 0.469 e. The number of ether oxygens (including phenoxy) is 1. The van der Waals surface area contributed by atoms with Gasteiger partial charge in [-0.05, 0) is 25.2 Å². The quantitative estimate of drug-likeness (QED) is 0.164. The summed E-state index contributed by atoms with van der Waals surface area (Å²) in [7, 11) is 3.25. The first kappa shape index (κ1) is 23.5. The number of unbranched alkanes of at least 4 members (excludes halogenated alkanes) is 3. The van der Waals surface area contributed by atoms with Crippen molar-refractivity contribution in [3.05, 3.63) is 0 Å². The van der Waals surface area contributed by atoms with Crippen molar-refractivity contribution in [2.75, 3.05) is 27.2 Å². The molecule has 0 atom stereocenters. The molecule has 0 spiro atoms. The highest BCUT2D eigenvalue weighted by Crippen LogP contribution is 2.28. The summed E-state index contributed by atoms with van der Waals surface area (Å²) in [5.41, 5.74) is 0. The zero-order chi connectivity index (χ0) is 16.8. The van der Waals surface area contributed by atoms with E-state index >= 15 is 0 Å². The molecule has 0 bridgehead atoms. The van der Waals surface area contributed by atoms with Crippen LogP contribution in [0, 0.1) is 5.92 Å². The molecule has 0 radical (unpaired) electrons. The second-order valence-corrected chi connectivity index (χ2v) is 6.46. The first-order chi connectivity index (χ1) is 11.3. The van der Waals surface area contributed by atoms with Gasteiger partial charge in [0.05, 0.1) is 7.11 Å². The number of halogens is 1. The maximum atomic E-state index is 11.0. The minimum atomic E-state index is -0.118. The average Bonchev–Trinajstić information content (AvgIpc) is 3.08. The van der Waals surface area contributed by atoms with E-state index in [0.29, 0.717) is 6.42 Å². The molecule has 1 saturated carbocycles. The zero-order valence-corrected chi connectivity index (χ0v) is 17.8. The first-order valence-electron chi connectivity index (χ1n) is 9.27. The van der Waals surface area contributed by atoms with Crippen LogP contribution >= 0.6 is 24.0 Å². The number of nitrogens with zero attached hydrogens (tertiary/aromatic N) is 1. The molecule has 142 valence electrons. The van der Waals surface area contributed by atoms with E-state index in [0.717, 1.165) is 44.2 Å². The summed E-state index contributed by atoms with van der Waals surface area (Å²) in [6.45, 7) is 1.89. The number of carbonyl (C=O) groups excluding carboxylic acids is 1. The minimum Gasteiger partial charge on any atom is -0.469 e. The molecule has 1 aliphatic rings. The van der Waals surface area contributed by atoms with E-state index in [1.807, 2.05) is 7.05 Å². The second-order valence-electron chi connectivity index (χ2n) is 6.46. The molecule has 0 unspecified atom stereocenters. The Balaban J connectivity index is 0.00000529. The molecule has 0 amide bonds. The Hall–Kier alpha value is -0.530. The van der Waals surface area contributed by atoms with Gasteiger partial charge in [0.25, 0.3) is 0 Å². The van der Waals surface area contributed by atoms with Crippen LogP contribution in [0.15, 0.2) is 4.99 Å². The van der Waals surface area contributed by atoms with Crippen LogP contribution in [0.1, 0.15) is 70.6 Å². The number of aliphatic imine (C=N–C) groups is 1. The average molecular weight is 453 g/mol. The van der Waals surface area contributed by atoms with Gasteiger partial charge in [0.2, 0.25) is 0 Å². The number of rotatable bonds is 11. The molecule has 0 aliphatic heterocycles. The smallest absolute Gasteiger partial charge is 0.305 e. The van der Waals surface area contributed by atoms with Crippen molar-refractivity contribution in [2.45, 2.75) is 70.6 Å². The van der Waals surface area contributed by atoms with Gasteiger partial charge in [-0.15, -0.1) is 24.0 Å². The molecule has 0 aromatic heterocycles. The zero-order valence-electron chi connectivity index (χ0n) is 15.4. The van der Waals surface area contributed by atoms with Gasteiger partial charge in [-0.1, -0.05) is 44.9 Å². The SMILES string of the molecule is CN=C(NCCCCCC(=O)OC)NCCCCC1CCCC1.I. The van der Waals surface area contributed by atoms with Crippen molar-refractivity contribution < 1.29 is 9.53 Å². The lowest BCUT2D eigenvalue weighted by molar-refractivity contribution is -0.140. The molecule has 0 aromatic rings. The molecule has 6 heteroatoms. The fraction of sp³-hybridized carbons (Fsp3) is 0.889. The minimum absolute atomic E-state index is 0. The second kappa shape index (κ2) is 16.0. The van der Waals surface area contributed by atoms with Crippen molar-refractivity contribution in [2.24, 2.45) is 10.9 Å². The van der Waals surface area contributed by atoms with Crippen LogP contribution in [0.5, 0.6) is 0 Å². The number of hydrogen-bond donors (Lipinski definition) is 2. The van der Waals surface area contributed by atoms with Crippen molar-refractivity contribution in [1.29, 1.82) is 0 Å². The number of hydrogen-bond acceptors (Lipinski definition) is 3. The highest BCUT2D eigenvalue weighted by Gasteiger charge is 2.13. The molecule has 0 aromatic carbocycles. The lowest BCUT2D eigenvalue weighted by atomic mass is 10.0. The van der Waals surface area contributed by atoms with Crippen LogP contribution in [-0.4, -0.2) is 39.2 Å². The van der Waals surface area contributed by atoms with Crippen LogP contribution < -0.4 is 10.6 Å². The van der Waals surface area contributed by atoms with Crippen molar-refractivity contribution in [3.63, 3.8) is 0 Å². The molecular weight excluding hydrogens is 417 g/mol. The van der Waals surface area contributed by atoms with Crippen LogP contribution in [0.3, 0.4) is 0 Å². The van der Waals surface area contributed by atoms with Crippen molar-refractivity contribution in [1.82, 2.24) is 10.6 Å². The van der Waals surface area contributed by atoms with E-state index in [4.69, 9.17) is 0 Å². The summed E-state index contributed by atoms with van der Waals surface area (Å²) in [6, 6.07) is 0. The van der Waals surface area contributed by atoms with E-state index in [-0.39, 0.29) is 29.9 Å². The Kier molecular flexibility index (Phi) is 15.6. The van der Waals surface area contributed by atoms with Gasteiger partial charge in [0.1, 0.15) is 0 Å². The third-order valence-electron chi connectivity index (χ3n) is 4.61. The van der Waals surface area contributed by atoms with Gasteiger partial charge >= 0.3 is 5.97 Å². The summed E-state index contributed by atoms with van der Waals surface area (Å²) in [5.74, 6) is 1.77. The van der Waals surface area contributed by atoms with Crippen LogP contribution in [0.25, 0.3) is 0 Å². The normalized spacial score (nSPS) is 15.0. The van der Waals surface area contributed by atoms with E-state index in [1.54, 1.807) is 0 Å². The predicted octanol–water partition coefficient (Wildman–Crippen LogP) is 3.86. The molecule has 5 nitrogen and oxygen atoms in total. The predicted molar refractivity (Wildman–Crippen MR) is 111 cm³/mol. The lowest BCUT2D eigenvalue weighted by Crippen LogP contribution is -2.38. The number of nitrogens with one attached hydrogen (secondary N) is 2. The van der Waals surface area contributed by atoms with Gasteiger partial charge in [0.15, 0.2) is 5.96 Å². The van der Waals surface area contributed by atoms with E-state index in [9.17, 15) is 4.79 Å². The summed E-state index contributed by atoms with van der Waals surface area (Å²) < 4.78 is 4.63. The molecule has 0 saturated heterocycles.